The molecule has 0 unspecified atom stereocenters. The topological polar surface area (TPSA) is 68.0 Å². The van der Waals surface area contributed by atoms with E-state index in [4.69, 9.17) is 5.73 Å². The van der Waals surface area contributed by atoms with Crippen LogP contribution in [0, 0.1) is 12.7 Å². The van der Waals surface area contributed by atoms with Gasteiger partial charge in [-0.1, -0.05) is 25.0 Å². The molecule has 0 aliphatic rings. The molecule has 1 aromatic carbocycles. The van der Waals surface area contributed by atoms with Gasteiger partial charge in [0.05, 0.1) is 0 Å². The van der Waals surface area contributed by atoms with E-state index in [1.807, 2.05) is 6.07 Å². The van der Waals surface area contributed by atoms with Crippen LogP contribution in [0.2, 0.25) is 0 Å². The molecular formula is C18H25ClFN3OS. The van der Waals surface area contributed by atoms with E-state index in [2.05, 4.69) is 10.3 Å². The van der Waals surface area contributed by atoms with Gasteiger partial charge < -0.3 is 11.1 Å². The monoisotopic (exact) mass is 385 g/mol. The van der Waals surface area contributed by atoms with Crippen LogP contribution in [0.5, 0.6) is 0 Å². The molecule has 0 spiro atoms. The predicted molar refractivity (Wildman–Crippen MR) is 104 cm³/mol. The van der Waals surface area contributed by atoms with E-state index in [1.54, 1.807) is 25.3 Å². The molecule has 0 fully saturated rings. The Morgan fingerprint density at radius 1 is 1.28 bits per heavy atom. The van der Waals surface area contributed by atoms with Gasteiger partial charge >= 0.3 is 0 Å². The summed E-state index contributed by atoms with van der Waals surface area (Å²) in [5.74, 6) is -0.204. The number of nitrogens with two attached hydrogens (primary N) is 1. The second-order valence-corrected chi connectivity index (χ2v) is 7.01. The van der Waals surface area contributed by atoms with Crippen molar-refractivity contribution in [2.24, 2.45) is 5.73 Å². The van der Waals surface area contributed by atoms with Crippen molar-refractivity contribution in [3.8, 4) is 0 Å². The summed E-state index contributed by atoms with van der Waals surface area (Å²) >= 11 is 1.43. The van der Waals surface area contributed by atoms with Gasteiger partial charge in [0.2, 0.25) is 5.91 Å². The van der Waals surface area contributed by atoms with Crippen LogP contribution in [0.25, 0.3) is 0 Å². The lowest BCUT2D eigenvalue weighted by atomic mass is 10.1. The second kappa shape index (κ2) is 11.2. The summed E-state index contributed by atoms with van der Waals surface area (Å²) in [6.07, 6.45) is 6.82. The van der Waals surface area contributed by atoms with Gasteiger partial charge in [-0.2, -0.15) is 0 Å². The Labute approximate surface area is 158 Å². The summed E-state index contributed by atoms with van der Waals surface area (Å²) in [6.45, 7) is 2.45. The van der Waals surface area contributed by atoms with E-state index in [1.165, 1.54) is 11.3 Å². The third-order valence-electron chi connectivity index (χ3n) is 3.77. The summed E-state index contributed by atoms with van der Waals surface area (Å²) < 4.78 is 13.6. The number of carbonyl (C=O) groups is 1. The largest absolute Gasteiger partial charge is 0.330 e. The summed E-state index contributed by atoms with van der Waals surface area (Å²) in [5.41, 5.74) is 6.98. The Kier molecular flexibility index (Phi) is 9.63. The minimum Gasteiger partial charge on any atom is -0.330 e. The first kappa shape index (κ1) is 21.5. The van der Waals surface area contributed by atoms with E-state index in [9.17, 15) is 9.18 Å². The minimum atomic E-state index is -0.194. The smallest absolute Gasteiger partial charge is 0.226 e. The number of benzene rings is 1. The normalized spacial score (nSPS) is 10.4. The lowest BCUT2D eigenvalue weighted by Crippen LogP contribution is -2.10. The van der Waals surface area contributed by atoms with Gasteiger partial charge in [0.1, 0.15) is 5.82 Å². The number of unbranched alkanes of at least 4 members (excludes halogenated alkanes) is 3. The molecule has 0 saturated heterocycles. The van der Waals surface area contributed by atoms with Crippen molar-refractivity contribution in [3.05, 3.63) is 46.2 Å². The van der Waals surface area contributed by atoms with E-state index >= 15 is 0 Å². The SMILES string of the molecule is Cc1ccc(Cc2cnc(NC(=O)CCCCCCN)s2)cc1F.Cl. The molecule has 0 bridgehead atoms. The fourth-order valence-electron chi connectivity index (χ4n) is 2.36. The van der Waals surface area contributed by atoms with Crippen LogP contribution in [-0.4, -0.2) is 17.4 Å². The molecule has 138 valence electrons. The summed E-state index contributed by atoms with van der Waals surface area (Å²) in [6, 6.07) is 5.24. The van der Waals surface area contributed by atoms with Crippen LogP contribution in [-0.2, 0) is 11.2 Å². The first-order chi connectivity index (χ1) is 11.6. The molecule has 25 heavy (non-hydrogen) atoms. The molecule has 1 aromatic heterocycles. The van der Waals surface area contributed by atoms with Crippen molar-refractivity contribution in [3.63, 3.8) is 0 Å². The zero-order chi connectivity index (χ0) is 17.4. The van der Waals surface area contributed by atoms with Crippen molar-refractivity contribution < 1.29 is 9.18 Å². The lowest BCUT2D eigenvalue weighted by molar-refractivity contribution is -0.116. The van der Waals surface area contributed by atoms with E-state index in [-0.39, 0.29) is 24.1 Å². The van der Waals surface area contributed by atoms with Crippen molar-refractivity contribution in [2.45, 2.75) is 45.4 Å². The molecule has 1 amide bonds. The molecule has 7 heteroatoms. The van der Waals surface area contributed by atoms with Crippen LogP contribution in [0.4, 0.5) is 9.52 Å². The number of thiazole rings is 1. The zero-order valence-electron chi connectivity index (χ0n) is 14.4. The highest BCUT2D eigenvalue weighted by atomic mass is 35.5. The van der Waals surface area contributed by atoms with Gasteiger partial charge in [-0.05, 0) is 43.5 Å². The number of hydrogen-bond acceptors (Lipinski definition) is 4. The first-order valence-corrected chi connectivity index (χ1v) is 9.10. The van der Waals surface area contributed by atoms with Crippen molar-refractivity contribution in [1.82, 2.24) is 4.98 Å². The predicted octanol–water partition coefficient (Wildman–Crippen LogP) is 4.45. The van der Waals surface area contributed by atoms with Gasteiger partial charge in [0, 0.05) is 23.9 Å². The maximum Gasteiger partial charge on any atom is 0.226 e. The second-order valence-electron chi connectivity index (χ2n) is 5.89. The molecule has 2 rings (SSSR count). The number of aryl methyl sites for hydroxylation is 1. The fraction of sp³-hybridized carbons (Fsp3) is 0.444. The van der Waals surface area contributed by atoms with Gasteiger partial charge in [-0.3, -0.25) is 4.79 Å². The molecule has 0 saturated carbocycles. The highest BCUT2D eigenvalue weighted by Crippen LogP contribution is 2.22. The summed E-state index contributed by atoms with van der Waals surface area (Å²) in [4.78, 5) is 17.1. The van der Waals surface area contributed by atoms with E-state index in [0.717, 1.165) is 36.1 Å². The van der Waals surface area contributed by atoms with Crippen molar-refractivity contribution >= 4 is 34.8 Å². The Hall–Kier alpha value is -1.50. The number of hydrogen-bond donors (Lipinski definition) is 2. The molecule has 0 aliphatic carbocycles. The molecule has 0 aliphatic heterocycles. The average Bonchev–Trinajstić information content (AvgIpc) is 2.97. The maximum absolute atomic E-state index is 13.6. The number of nitrogens with zero attached hydrogens (tertiary/aromatic N) is 1. The minimum absolute atomic E-state index is 0. The van der Waals surface area contributed by atoms with E-state index < -0.39 is 0 Å². The molecule has 3 N–H and O–H groups in total. The molecule has 1 heterocycles. The fourth-order valence-corrected chi connectivity index (χ4v) is 3.22. The molecule has 0 radical (unpaired) electrons. The number of anilines is 1. The third-order valence-corrected chi connectivity index (χ3v) is 4.69. The number of carbonyl (C=O) groups excluding carboxylic acids is 1. The van der Waals surface area contributed by atoms with Gasteiger partial charge in [-0.25, -0.2) is 9.37 Å². The van der Waals surface area contributed by atoms with Crippen molar-refractivity contribution in [1.29, 1.82) is 0 Å². The van der Waals surface area contributed by atoms with E-state index in [0.29, 0.717) is 30.1 Å². The van der Waals surface area contributed by atoms with Crippen LogP contribution in [0.3, 0.4) is 0 Å². The number of amides is 1. The highest BCUT2D eigenvalue weighted by molar-refractivity contribution is 7.15. The van der Waals surface area contributed by atoms with Gasteiger partial charge in [0.15, 0.2) is 5.13 Å². The number of rotatable bonds is 9. The van der Waals surface area contributed by atoms with Crippen LogP contribution < -0.4 is 11.1 Å². The van der Waals surface area contributed by atoms with Gasteiger partial charge in [0.25, 0.3) is 0 Å². The quantitative estimate of drug-likeness (QED) is 0.626. The number of halogens is 2. The molecule has 0 atom stereocenters. The van der Waals surface area contributed by atoms with Crippen molar-refractivity contribution in [2.75, 3.05) is 11.9 Å². The van der Waals surface area contributed by atoms with Crippen LogP contribution >= 0.6 is 23.7 Å². The standard InChI is InChI=1S/C18H24FN3OS.ClH/c1-13-7-8-14(11-16(13)19)10-15-12-21-18(24-15)22-17(23)6-4-2-3-5-9-20;/h7-8,11-12H,2-6,9-10,20H2,1H3,(H,21,22,23);1H. The summed E-state index contributed by atoms with van der Waals surface area (Å²) in [7, 11) is 0. The first-order valence-electron chi connectivity index (χ1n) is 8.28. The lowest BCUT2D eigenvalue weighted by Gasteiger charge is -2.02. The Bertz CT molecular complexity index is 678. The Morgan fingerprint density at radius 3 is 2.76 bits per heavy atom. The molecule has 4 nitrogen and oxygen atoms in total. The maximum atomic E-state index is 13.6. The summed E-state index contributed by atoms with van der Waals surface area (Å²) in [5, 5.41) is 3.43. The Balaban J connectivity index is 0.00000312. The molecular weight excluding hydrogens is 361 g/mol. The third kappa shape index (κ3) is 7.50. The Morgan fingerprint density at radius 2 is 2.04 bits per heavy atom. The zero-order valence-corrected chi connectivity index (χ0v) is 16.0. The number of aromatic nitrogens is 1. The number of nitrogens with one attached hydrogen (secondary N) is 1. The van der Waals surface area contributed by atoms with Crippen LogP contribution in [0.1, 0.15) is 48.1 Å². The average molecular weight is 386 g/mol. The van der Waals surface area contributed by atoms with Gasteiger partial charge in [-0.15, -0.1) is 23.7 Å². The highest BCUT2D eigenvalue weighted by Gasteiger charge is 2.08. The van der Waals surface area contributed by atoms with Crippen LogP contribution in [0.15, 0.2) is 24.4 Å². The molecule has 2 aromatic rings.